The zero-order valence-corrected chi connectivity index (χ0v) is 19.8. The summed E-state index contributed by atoms with van der Waals surface area (Å²) in [6.07, 6.45) is 0.955. The van der Waals surface area contributed by atoms with Gasteiger partial charge in [0.1, 0.15) is 5.75 Å². The van der Waals surface area contributed by atoms with E-state index in [-0.39, 0.29) is 6.04 Å². The molecule has 0 saturated carbocycles. The Morgan fingerprint density at radius 2 is 1.74 bits per heavy atom. The lowest BCUT2D eigenvalue weighted by Crippen LogP contribution is -2.45. The minimum atomic E-state index is 0.151. The van der Waals surface area contributed by atoms with Crippen LogP contribution in [-0.2, 0) is 13.0 Å². The summed E-state index contributed by atoms with van der Waals surface area (Å²) in [6.45, 7) is 6.66. The average molecular weight is 444 g/mol. The first-order chi connectivity index (χ1) is 14.9. The molecular weight excluding hydrogens is 410 g/mol. The highest BCUT2D eigenvalue weighted by molar-refractivity contribution is 7.80. The summed E-state index contributed by atoms with van der Waals surface area (Å²) >= 11 is 5.48. The van der Waals surface area contributed by atoms with Crippen molar-refractivity contribution in [3.8, 4) is 17.2 Å². The SMILES string of the molecule is COc1ccc(CN2CCc3cc(OC)c(OC)cc3C2CNC(=S)NC(C)C)cc1. The first-order valence-corrected chi connectivity index (χ1v) is 11.0. The Kier molecular flexibility index (Phi) is 7.98. The number of rotatable bonds is 8. The molecule has 0 saturated heterocycles. The summed E-state index contributed by atoms with van der Waals surface area (Å²) in [5.74, 6) is 2.39. The fourth-order valence-corrected chi connectivity index (χ4v) is 4.30. The van der Waals surface area contributed by atoms with Crippen LogP contribution in [0.5, 0.6) is 17.2 Å². The zero-order chi connectivity index (χ0) is 22.4. The molecule has 0 spiro atoms. The number of nitrogens with one attached hydrogen (secondary N) is 2. The highest BCUT2D eigenvalue weighted by atomic mass is 32.1. The third kappa shape index (κ3) is 5.80. The van der Waals surface area contributed by atoms with Crippen molar-refractivity contribution in [2.24, 2.45) is 0 Å². The molecule has 3 rings (SSSR count). The maximum atomic E-state index is 5.59. The molecule has 1 unspecified atom stereocenters. The van der Waals surface area contributed by atoms with Gasteiger partial charge in [0, 0.05) is 25.7 Å². The monoisotopic (exact) mass is 443 g/mol. The van der Waals surface area contributed by atoms with E-state index in [1.165, 1.54) is 16.7 Å². The quantitative estimate of drug-likeness (QED) is 0.604. The van der Waals surface area contributed by atoms with Gasteiger partial charge in [0.15, 0.2) is 16.6 Å². The molecule has 7 heteroatoms. The lowest BCUT2D eigenvalue weighted by atomic mass is 9.91. The Labute approximate surface area is 190 Å². The van der Waals surface area contributed by atoms with E-state index in [1.807, 2.05) is 12.1 Å². The molecule has 0 bridgehead atoms. The molecule has 0 radical (unpaired) electrons. The molecule has 1 aliphatic heterocycles. The van der Waals surface area contributed by atoms with Gasteiger partial charge in [-0.05, 0) is 73.4 Å². The number of fused-ring (bicyclic) bond motifs is 1. The molecule has 0 aromatic heterocycles. The van der Waals surface area contributed by atoms with Gasteiger partial charge in [0.05, 0.1) is 27.4 Å². The van der Waals surface area contributed by atoms with Crippen LogP contribution in [0, 0.1) is 0 Å². The van der Waals surface area contributed by atoms with Crippen LogP contribution in [-0.4, -0.2) is 50.5 Å². The number of methoxy groups -OCH3 is 3. The Morgan fingerprint density at radius 3 is 2.35 bits per heavy atom. The number of hydrogen-bond donors (Lipinski definition) is 2. The van der Waals surface area contributed by atoms with Gasteiger partial charge >= 0.3 is 0 Å². The molecule has 2 N–H and O–H groups in total. The van der Waals surface area contributed by atoms with E-state index in [1.54, 1.807) is 21.3 Å². The van der Waals surface area contributed by atoms with Crippen LogP contribution < -0.4 is 24.8 Å². The van der Waals surface area contributed by atoms with Gasteiger partial charge in [0.25, 0.3) is 0 Å². The van der Waals surface area contributed by atoms with Crippen molar-refractivity contribution >= 4 is 17.3 Å². The van der Waals surface area contributed by atoms with Crippen molar-refractivity contribution < 1.29 is 14.2 Å². The summed E-state index contributed by atoms with van der Waals surface area (Å²) in [6, 6.07) is 12.9. The van der Waals surface area contributed by atoms with E-state index in [9.17, 15) is 0 Å². The normalized spacial score (nSPS) is 15.9. The molecular formula is C24H33N3O3S. The molecule has 31 heavy (non-hydrogen) atoms. The van der Waals surface area contributed by atoms with E-state index in [0.29, 0.717) is 17.7 Å². The Morgan fingerprint density at radius 1 is 1.06 bits per heavy atom. The summed E-state index contributed by atoms with van der Waals surface area (Å²) in [7, 11) is 5.04. The molecule has 0 amide bonds. The summed E-state index contributed by atoms with van der Waals surface area (Å²) < 4.78 is 16.4. The van der Waals surface area contributed by atoms with Gasteiger partial charge in [-0.15, -0.1) is 0 Å². The number of thiocarbonyl (C=S) groups is 1. The van der Waals surface area contributed by atoms with Crippen molar-refractivity contribution in [2.45, 2.75) is 38.9 Å². The van der Waals surface area contributed by atoms with Gasteiger partial charge in [0.2, 0.25) is 0 Å². The van der Waals surface area contributed by atoms with Gasteiger partial charge in [-0.3, -0.25) is 4.90 Å². The first-order valence-electron chi connectivity index (χ1n) is 10.6. The number of nitrogens with zero attached hydrogens (tertiary/aromatic N) is 1. The van der Waals surface area contributed by atoms with Gasteiger partial charge in [-0.2, -0.15) is 0 Å². The Bertz CT molecular complexity index is 886. The topological polar surface area (TPSA) is 55.0 Å². The predicted octanol–water partition coefficient (Wildman–Crippen LogP) is 3.68. The second-order valence-electron chi connectivity index (χ2n) is 8.00. The lowest BCUT2D eigenvalue weighted by molar-refractivity contribution is 0.176. The average Bonchev–Trinajstić information content (AvgIpc) is 2.77. The van der Waals surface area contributed by atoms with Crippen LogP contribution >= 0.6 is 12.2 Å². The molecule has 168 valence electrons. The smallest absolute Gasteiger partial charge is 0.166 e. The van der Waals surface area contributed by atoms with E-state index in [2.05, 4.69) is 53.6 Å². The molecule has 1 heterocycles. The fourth-order valence-electron chi connectivity index (χ4n) is 3.98. The van der Waals surface area contributed by atoms with Gasteiger partial charge < -0.3 is 24.8 Å². The van der Waals surface area contributed by atoms with Crippen LogP contribution in [0.4, 0.5) is 0 Å². The molecule has 1 atom stereocenters. The minimum Gasteiger partial charge on any atom is -0.497 e. The van der Waals surface area contributed by atoms with E-state index >= 15 is 0 Å². The van der Waals surface area contributed by atoms with Crippen LogP contribution in [0.3, 0.4) is 0 Å². The molecule has 0 fully saturated rings. The standard InChI is InChI=1S/C24H33N3O3S/c1-16(2)26-24(31)25-14-21-20-13-23(30-5)22(29-4)12-18(20)10-11-27(21)15-17-6-8-19(28-3)9-7-17/h6-9,12-13,16,21H,10-11,14-15H2,1-5H3,(H2,25,26,31). The highest BCUT2D eigenvalue weighted by Crippen LogP contribution is 2.38. The zero-order valence-electron chi connectivity index (χ0n) is 19.0. The fraction of sp³-hybridized carbons (Fsp3) is 0.458. The second kappa shape index (κ2) is 10.7. The van der Waals surface area contributed by atoms with Gasteiger partial charge in [-0.1, -0.05) is 12.1 Å². The van der Waals surface area contributed by atoms with Crippen LogP contribution in [0.1, 0.15) is 36.6 Å². The van der Waals surface area contributed by atoms with E-state index < -0.39 is 0 Å². The van der Waals surface area contributed by atoms with Crippen molar-refractivity contribution in [3.05, 3.63) is 53.1 Å². The molecule has 2 aromatic rings. The number of benzene rings is 2. The summed E-state index contributed by atoms with van der Waals surface area (Å²) in [5.41, 5.74) is 3.79. The predicted molar refractivity (Wildman–Crippen MR) is 128 cm³/mol. The maximum absolute atomic E-state index is 5.59. The largest absolute Gasteiger partial charge is 0.497 e. The van der Waals surface area contributed by atoms with Crippen molar-refractivity contribution in [1.82, 2.24) is 15.5 Å². The molecule has 2 aromatic carbocycles. The van der Waals surface area contributed by atoms with Crippen molar-refractivity contribution in [3.63, 3.8) is 0 Å². The Balaban J connectivity index is 1.87. The van der Waals surface area contributed by atoms with E-state index in [0.717, 1.165) is 36.8 Å². The first kappa shape index (κ1) is 23.2. The number of hydrogen-bond acceptors (Lipinski definition) is 5. The Hall–Kier alpha value is -2.51. The summed E-state index contributed by atoms with van der Waals surface area (Å²) in [5, 5.41) is 7.35. The third-order valence-corrected chi connectivity index (χ3v) is 5.80. The molecule has 0 aliphatic carbocycles. The van der Waals surface area contributed by atoms with Crippen LogP contribution in [0.25, 0.3) is 0 Å². The maximum Gasteiger partial charge on any atom is 0.166 e. The van der Waals surface area contributed by atoms with Crippen LogP contribution in [0.15, 0.2) is 36.4 Å². The van der Waals surface area contributed by atoms with Crippen molar-refractivity contribution in [2.75, 3.05) is 34.4 Å². The molecule has 1 aliphatic rings. The summed E-state index contributed by atoms with van der Waals surface area (Å²) in [4.78, 5) is 2.49. The highest BCUT2D eigenvalue weighted by Gasteiger charge is 2.29. The molecule has 6 nitrogen and oxygen atoms in total. The van der Waals surface area contributed by atoms with Gasteiger partial charge in [-0.25, -0.2) is 0 Å². The third-order valence-electron chi connectivity index (χ3n) is 5.53. The van der Waals surface area contributed by atoms with Crippen molar-refractivity contribution in [1.29, 1.82) is 0 Å². The second-order valence-corrected chi connectivity index (χ2v) is 8.41. The lowest BCUT2D eigenvalue weighted by Gasteiger charge is -2.38. The van der Waals surface area contributed by atoms with E-state index in [4.69, 9.17) is 26.4 Å². The number of ether oxygens (including phenoxy) is 3. The minimum absolute atomic E-state index is 0.151. The van der Waals surface area contributed by atoms with Crippen LogP contribution in [0.2, 0.25) is 0 Å².